The Morgan fingerprint density at radius 2 is 2.12 bits per heavy atom. The van der Waals surface area contributed by atoms with E-state index in [4.69, 9.17) is 9.47 Å². The Morgan fingerprint density at radius 3 is 2.75 bits per heavy atom. The lowest BCUT2D eigenvalue weighted by Crippen LogP contribution is -2.61. The summed E-state index contributed by atoms with van der Waals surface area (Å²) in [4.78, 5) is 37.9. The van der Waals surface area contributed by atoms with Gasteiger partial charge in [-0.25, -0.2) is 9.18 Å². The molecule has 2 amide bonds. The van der Waals surface area contributed by atoms with Gasteiger partial charge < -0.3 is 19.7 Å². The van der Waals surface area contributed by atoms with Gasteiger partial charge in [-0.3, -0.25) is 9.59 Å². The topological polar surface area (TPSA) is 84.9 Å². The summed E-state index contributed by atoms with van der Waals surface area (Å²) >= 11 is 0. The smallest absolute Gasteiger partial charge is 0.346 e. The average Bonchev–Trinajstić information content (AvgIpc) is 2.69. The first-order valence-electron chi connectivity index (χ1n) is 8.44. The molecule has 2 atom stereocenters. The number of rotatable bonds is 3. The van der Waals surface area contributed by atoms with Crippen LogP contribution in [0, 0.1) is 5.41 Å². The molecule has 0 bridgehead atoms. The molecule has 0 radical (unpaired) electrons. The summed E-state index contributed by atoms with van der Waals surface area (Å²) in [5.74, 6) is -1.43. The molecule has 2 unspecified atom stereocenters. The normalized spacial score (nSPS) is 32.0. The molecule has 3 aliphatic rings. The zero-order chi connectivity index (χ0) is 17.4. The summed E-state index contributed by atoms with van der Waals surface area (Å²) in [6.45, 7) is 1.62. The first-order valence-corrected chi connectivity index (χ1v) is 8.44. The van der Waals surface area contributed by atoms with Crippen LogP contribution in [-0.2, 0) is 23.9 Å². The molecular weight excluding hydrogens is 319 g/mol. The molecule has 0 aromatic rings. The fraction of sp³-hybridized carbons (Fsp3) is 0.812. The standard InChI is InChI=1S/C16H23FN2O5/c1-2-24-14(22)16(17)8-19(7-15(16)9-23-10-15)13(21)11-5-3-4-6-12(20)18-11/h11H,2-10H2,1H3,(H,18,20). The number of carbonyl (C=O) groups excluding carboxylic acids is 3. The predicted molar refractivity (Wildman–Crippen MR) is 80.7 cm³/mol. The molecule has 0 saturated carbocycles. The Balaban J connectivity index is 1.77. The van der Waals surface area contributed by atoms with Crippen molar-refractivity contribution in [2.24, 2.45) is 5.41 Å². The van der Waals surface area contributed by atoms with Gasteiger partial charge in [-0.1, -0.05) is 6.42 Å². The second kappa shape index (κ2) is 6.31. The van der Waals surface area contributed by atoms with Gasteiger partial charge in [-0.05, 0) is 19.8 Å². The summed E-state index contributed by atoms with van der Waals surface area (Å²) in [6, 6.07) is -0.650. The van der Waals surface area contributed by atoms with Crippen molar-refractivity contribution in [1.82, 2.24) is 10.2 Å². The van der Waals surface area contributed by atoms with E-state index < -0.39 is 23.1 Å². The molecule has 8 heteroatoms. The molecule has 1 spiro atoms. The number of esters is 1. The Morgan fingerprint density at radius 1 is 1.38 bits per heavy atom. The molecule has 0 aliphatic carbocycles. The molecule has 24 heavy (non-hydrogen) atoms. The number of nitrogens with one attached hydrogen (secondary N) is 1. The van der Waals surface area contributed by atoms with Crippen LogP contribution in [-0.4, -0.2) is 67.3 Å². The minimum atomic E-state index is -2.26. The van der Waals surface area contributed by atoms with Crippen molar-refractivity contribution in [1.29, 1.82) is 0 Å². The molecule has 3 saturated heterocycles. The fourth-order valence-electron chi connectivity index (χ4n) is 3.71. The third-order valence-electron chi connectivity index (χ3n) is 5.19. The zero-order valence-corrected chi connectivity index (χ0v) is 13.8. The summed E-state index contributed by atoms with van der Waals surface area (Å²) in [7, 11) is 0. The molecular formula is C16H23FN2O5. The maximum atomic E-state index is 15.5. The molecule has 3 heterocycles. The summed E-state index contributed by atoms with van der Waals surface area (Å²) in [5.41, 5.74) is -3.30. The van der Waals surface area contributed by atoms with Crippen molar-refractivity contribution in [3.63, 3.8) is 0 Å². The van der Waals surface area contributed by atoms with Crippen LogP contribution >= 0.6 is 0 Å². The van der Waals surface area contributed by atoms with Crippen LogP contribution in [0.1, 0.15) is 32.6 Å². The minimum absolute atomic E-state index is 0.0774. The van der Waals surface area contributed by atoms with Crippen molar-refractivity contribution in [3.8, 4) is 0 Å². The number of hydrogen-bond acceptors (Lipinski definition) is 5. The molecule has 3 rings (SSSR count). The quantitative estimate of drug-likeness (QED) is 0.740. The van der Waals surface area contributed by atoms with E-state index in [1.54, 1.807) is 6.92 Å². The van der Waals surface area contributed by atoms with Crippen molar-refractivity contribution < 1.29 is 28.2 Å². The highest BCUT2D eigenvalue weighted by Crippen LogP contribution is 2.48. The van der Waals surface area contributed by atoms with E-state index in [1.807, 2.05) is 0 Å². The molecule has 134 valence electrons. The zero-order valence-electron chi connectivity index (χ0n) is 13.8. The number of likely N-dealkylation sites (tertiary alicyclic amines) is 1. The lowest BCUT2D eigenvalue weighted by Gasteiger charge is -2.43. The fourth-order valence-corrected chi connectivity index (χ4v) is 3.71. The Hall–Kier alpha value is -1.70. The number of carbonyl (C=O) groups is 3. The van der Waals surface area contributed by atoms with Crippen LogP contribution < -0.4 is 5.32 Å². The van der Waals surface area contributed by atoms with Gasteiger partial charge in [0.2, 0.25) is 17.5 Å². The molecule has 7 nitrogen and oxygen atoms in total. The highest BCUT2D eigenvalue weighted by atomic mass is 19.1. The van der Waals surface area contributed by atoms with Crippen molar-refractivity contribution >= 4 is 17.8 Å². The summed E-state index contributed by atoms with van der Waals surface area (Å²) in [5, 5.41) is 2.70. The monoisotopic (exact) mass is 342 g/mol. The Kier molecular flexibility index (Phi) is 4.50. The number of nitrogens with zero attached hydrogens (tertiary/aromatic N) is 1. The van der Waals surface area contributed by atoms with Crippen LogP contribution in [0.5, 0.6) is 0 Å². The van der Waals surface area contributed by atoms with Gasteiger partial charge in [0.15, 0.2) is 0 Å². The highest BCUT2D eigenvalue weighted by molar-refractivity contribution is 5.90. The van der Waals surface area contributed by atoms with Gasteiger partial charge in [0.25, 0.3) is 0 Å². The van der Waals surface area contributed by atoms with Gasteiger partial charge in [-0.2, -0.15) is 0 Å². The minimum Gasteiger partial charge on any atom is -0.464 e. The van der Waals surface area contributed by atoms with E-state index >= 15 is 4.39 Å². The van der Waals surface area contributed by atoms with Crippen LogP contribution in [0.4, 0.5) is 4.39 Å². The van der Waals surface area contributed by atoms with Gasteiger partial charge >= 0.3 is 5.97 Å². The SMILES string of the molecule is CCOC(=O)C1(F)CN(C(=O)C2CCCCC(=O)N2)CC12COC2. The van der Waals surface area contributed by atoms with Crippen LogP contribution in [0.15, 0.2) is 0 Å². The Labute approximate surface area is 139 Å². The summed E-state index contributed by atoms with van der Waals surface area (Å²) < 4.78 is 25.5. The first kappa shape index (κ1) is 17.1. The molecule has 0 aromatic carbocycles. The molecule has 3 aliphatic heterocycles. The van der Waals surface area contributed by atoms with E-state index in [1.165, 1.54) is 4.90 Å². The molecule has 1 N–H and O–H groups in total. The molecule has 3 fully saturated rings. The third-order valence-corrected chi connectivity index (χ3v) is 5.19. The lowest BCUT2D eigenvalue weighted by atomic mass is 9.74. The average molecular weight is 342 g/mol. The maximum absolute atomic E-state index is 15.5. The highest BCUT2D eigenvalue weighted by Gasteiger charge is 2.69. The number of ether oxygens (including phenoxy) is 2. The van der Waals surface area contributed by atoms with E-state index in [0.717, 1.165) is 12.8 Å². The number of halogens is 1. The number of alkyl halides is 1. The van der Waals surface area contributed by atoms with Crippen LogP contribution in [0.2, 0.25) is 0 Å². The van der Waals surface area contributed by atoms with E-state index in [0.29, 0.717) is 12.8 Å². The van der Waals surface area contributed by atoms with Crippen molar-refractivity contribution in [2.75, 3.05) is 32.9 Å². The number of amides is 2. The Bertz CT molecular complexity index is 551. The molecule has 0 aromatic heterocycles. The van der Waals surface area contributed by atoms with Crippen LogP contribution in [0.25, 0.3) is 0 Å². The predicted octanol–water partition coefficient (Wildman–Crippen LogP) is 0.175. The maximum Gasteiger partial charge on any atom is 0.346 e. The van der Waals surface area contributed by atoms with Gasteiger partial charge in [0, 0.05) is 13.0 Å². The summed E-state index contributed by atoms with van der Waals surface area (Å²) in [6.07, 6.45) is 2.43. The van der Waals surface area contributed by atoms with Crippen molar-refractivity contribution in [3.05, 3.63) is 0 Å². The largest absolute Gasteiger partial charge is 0.464 e. The van der Waals surface area contributed by atoms with Gasteiger partial charge in [0.1, 0.15) is 6.04 Å². The second-order valence-electron chi connectivity index (χ2n) is 6.85. The lowest BCUT2D eigenvalue weighted by molar-refractivity contribution is -0.196. The van der Waals surface area contributed by atoms with E-state index in [-0.39, 0.29) is 44.7 Å². The van der Waals surface area contributed by atoms with Crippen molar-refractivity contribution in [2.45, 2.75) is 44.3 Å². The third kappa shape index (κ3) is 2.66. The van der Waals surface area contributed by atoms with Crippen LogP contribution in [0.3, 0.4) is 0 Å². The number of hydrogen-bond donors (Lipinski definition) is 1. The van der Waals surface area contributed by atoms with E-state index in [9.17, 15) is 14.4 Å². The second-order valence-corrected chi connectivity index (χ2v) is 6.85. The first-order chi connectivity index (χ1) is 11.4. The van der Waals surface area contributed by atoms with Gasteiger partial charge in [-0.15, -0.1) is 0 Å². The van der Waals surface area contributed by atoms with Gasteiger partial charge in [0.05, 0.1) is 31.8 Å². The van der Waals surface area contributed by atoms with E-state index in [2.05, 4.69) is 5.32 Å².